The third-order valence-electron chi connectivity index (χ3n) is 3.71. The van der Waals surface area contributed by atoms with E-state index in [0.29, 0.717) is 24.5 Å². The van der Waals surface area contributed by atoms with E-state index in [-0.39, 0.29) is 23.3 Å². The van der Waals surface area contributed by atoms with Crippen LogP contribution in [-0.4, -0.2) is 36.3 Å². The van der Waals surface area contributed by atoms with Gasteiger partial charge in [0.1, 0.15) is 11.9 Å². The summed E-state index contributed by atoms with van der Waals surface area (Å²) < 4.78 is 11.0. The van der Waals surface area contributed by atoms with Crippen molar-refractivity contribution in [2.24, 2.45) is 0 Å². The minimum atomic E-state index is -1.09. The molecule has 0 unspecified atom stereocenters. The Bertz CT molecular complexity index is 735. The monoisotopic (exact) mass is 327 g/mol. The van der Waals surface area contributed by atoms with Crippen molar-refractivity contribution in [2.45, 2.75) is 12.5 Å². The number of amides is 1. The number of carbonyl (C=O) groups excluding carboxylic acids is 1. The molecule has 0 bridgehead atoms. The quantitative estimate of drug-likeness (QED) is 0.882. The van der Waals surface area contributed by atoms with E-state index < -0.39 is 5.97 Å². The van der Waals surface area contributed by atoms with E-state index in [2.05, 4.69) is 5.32 Å². The van der Waals surface area contributed by atoms with Crippen LogP contribution in [0.15, 0.2) is 48.5 Å². The second-order valence-corrected chi connectivity index (χ2v) is 5.43. The Morgan fingerprint density at radius 3 is 2.54 bits per heavy atom. The second kappa shape index (κ2) is 7.14. The number of rotatable bonds is 5. The third kappa shape index (κ3) is 3.72. The van der Waals surface area contributed by atoms with Gasteiger partial charge in [0.15, 0.2) is 0 Å². The zero-order valence-electron chi connectivity index (χ0n) is 12.9. The summed E-state index contributed by atoms with van der Waals surface area (Å²) in [4.78, 5) is 23.5. The summed E-state index contributed by atoms with van der Waals surface area (Å²) in [5.41, 5.74) is 0.732. The molecule has 2 N–H and O–H groups in total. The SMILES string of the molecule is O=C(Nc1ccccc1C(=O)O)c1ccc(O[C@H]2CCOC2)cc1. The van der Waals surface area contributed by atoms with Crippen molar-refractivity contribution in [1.29, 1.82) is 0 Å². The third-order valence-corrected chi connectivity index (χ3v) is 3.71. The van der Waals surface area contributed by atoms with E-state index in [1.54, 1.807) is 42.5 Å². The molecule has 2 aromatic carbocycles. The number of carboxylic acid groups (broad SMARTS) is 1. The lowest BCUT2D eigenvalue weighted by Gasteiger charge is -2.12. The van der Waals surface area contributed by atoms with Gasteiger partial charge in [0.2, 0.25) is 0 Å². The standard InChI is InChI=1S/C18H17NO5/c20-17(19-16-4-2-1-3-15(16)18(21)22)12-5-7-13(8-6-12)24-14-9-10-23-11-14/h1-8,14H,9-11H2,(H,19,20)(H,21,22)/t14-/m0/s1. The Morgan fingerprint density at radius 1 is 1.12 bits per heavy atom. The van der Waals surface area contributed by atoms with Crippen LogP contribution in [0, 0.1) is 0 Å². The Labute approximate surface area is 139 Å². The van der Waals surface area contributed by atoms with Gasteiger partial charge in [-0.2, -0.15) is 0 Å². The average Bonchev–Trinajstić information content (AvgIpc) is 3.09. The summed E-state index contributed by atoms with van der Waals surface area (Å²) in [5, 5.41) is 11.8. The van der Waals surface area contributed by atoms with Crippen molar-refractivity contribution < 1.29 is 24.2 Å². The zero-order chi connectivity index (χ0) is 16.9. The van der Waals surface area contributed by atoms with Gasteiger partial charge in [0.25, 0.3) is 5.91 Å². The molecule has 6 nitrogen and oxygen atoms in total. The molecule has 0 saturated carbocycles. The highest BCUT2D eigenvalue weighted by molar-refractivity contribution is 6.07. The summed E-state index contributed by atoms with van der Waals surface area (Å²) in [7, 11) is 0. The Balaban J connectivity index is 1.68. The number of hydrogen-bond acceptors (Lipinski definition) is 4. The topological polar surface area (TPSA) is 84.9 Å². The maximum Gasteiger partial charge on any atom is 0.337 e. The number of carbonyl (C=O) groups is 2. The van der Waals surface area contributed by atoms with Crippen LogP contribution in [0.25, 0.3) is 0 Å². The van der Waals surface area contributed by atoms with Crippen molar-refractivity contribution in [3.63, 3.8) is 0 Å². The van der Waals surface area contributed by atoms with Crippen LogP contribution in [0.4, 0.5) is 5.69 Å². The van der Waals surface area contributed by atoms with Gasteiger partial charge in [-0.15, -0.1) is 0 Å². The number of aromatic carboxylic acids is 1. The van der Waals surface area contributed by atoms with Crippen LogP contribution < -0.4 is 10.1 Å². The fourth-order valence-electron chi connectivity index (χ4n) is 2.46. The molecule has 1 atom stereocenters. The molecule has 124 valence electrons. The van der Waals surface area contributed by atoms with Gasteiger partial charge < -0.3 is 19.9 Å². The molecule has 2 aromatic rings. The number of para-hydroxylation sites is 1. The van der Waals surface area contributed by atoms with Gasteiger partial charge in [-0.25, -0.2) is 4.79 Å². The molecule has 1 fully saturated rings. The highest BCUT2D eigenvalue weighted by Gasteiger charge is 2.17. The summed E-state index contributed by atoms with van der Waals surface area (Å²) in [6.07, 6.45) is 0.904. The predicted molar refractivity (Wildman–Crippen MR) is 87.6 cm³/mol. The molecule has 0 aliphatic carbocycles. The number of carboxylic acids is 1. The molecule has 24 heavy (non-hydrogen) atoms. The molecule has 3 rings (SSSR count). The molecule has 1 amide bonds. The van der Waals surface area contributed by atoms with Crippen LogP contribution in [0.1, 0.15) is 27.1 Å². The molecular formula is C18H17NO5. The Morgan fingerprint density at radius 2 is 1.88 bits per heavy atom. The van der Waals surface area contributed by atoms with E-state index >= 15 is 0 Å². The number of nitrogens with one attached hydrogen (secondary N) is 1. The zero-order valence-corrected chi connectivity index (χ0v) is 12.9. The van der Waals surface area contributed by atoms with Crippen LogP contribution >= 0.6 is 0 Å². The largest absolute Gasteiger partial charge is 0.488 e. The number of anilines is 1. The van der Waals surface area contributed by atoms with Gasteiger partial charge >= 0.3 is 5.97 Å². The molecular weight excluding hydrogens is 310 g/mol. The minimum Gasteiger partial charge on any atom is -0.488 e. The van der Waals surface area contributed by atoms with Crippen molar-refractivity contribution in [3.05, 3.63) is 59.7 Å². The summed E-state index contributed by atoms with van der Waals surface area (Å²) in [6.45, 7) is 1.28. The van der Waals surface area contributed by atoms with Gasteiger partial charge in [-0.05, 0) is 36.4 Å². The van der Waals surface area contributed by atoms with E-state index in [1.165, 1.54) is 6.07 Å². The van der Waals surface area contributed by atoms with Crippen LogP contribution in [0.2, 0.25) is 0 Å². The minimum absolute atomic E-state index is 0.0482. The number of hydrogen-bond donors (Lipinski definition) is 2. The van der Waals surface area contributed by atoms with Gasteiger partial charge in [0, 0.05) is 12.0 Å². The fourth-order valence-corrected chi connectivity index (χ4v) is 2.46. The maximum absolute atomic E-state index is 12.3. The van der Waals surface area contributed by atoms with Crippen LogP contribution in [0.5, 0.6) is 5.75 Å². The lowest BCUT2D eigenvalue weighted by molar-refractivity contribution is 0.0698. The highest BCUT2D eigenvalue weighted by Crippen LogP contribution is 2.19. The number of benzene rings is 2. The van der Waals surface area contributed by atoms with E-state index in [4.69, 9.17) is 14.6 Å². The first-order valence-corrected chi connectivity index (χ1v) is 7.61. The lowest BCUT2D eigenvalue weighted by Crippen LogP contribution is -2.16. The average molecular weight is 327 g/mol. The molecule has 0 spiro atoms. The fraction of sp³-hybridized carbons (Fsp3) is 0.222. The van der Waals surface area contributed by atoms with Crippen molar-refractivity contribution in [1.82, 2.24) is 0 Å². The molecule has 6 heteroatoms. The second-order valence-electron chi connectivity index (χ2n) is 5.43. The first-order chi connectivity index (χ1) is 11.6. The van der Waals surface area contributed by atoms with E-state index in [1.807, 2.05) is 0 Å². The lowest BCUT2D eigenvalue weighted by atomic mass is 10.1. The molecule has 0 radical (unpaired) electrons. The summed E-state index contributed by atoms with van der Waals surface area (Å²) in [5.74, 6) is -0.791. The molecule has 0 aromatic heterocycles. The first kappa shape index (κ1) is 16.0. The predicted octanol–water partition coefficient (Wildman–Crippen LogP) is 2.80. The summed E-state index contributed by atoms with van der Waals surface area (Å²) in [6, 6.07) is 13.0. The molecule has 1 saturated heterocycles. The smallest absolute Gasteiger partial charge is 0.337 e. The molecule has 1 heterocycles. The first-order valence-electron chi connectivity index (χ1n) is 7.61. The molecule has 1 aliphatic heterocycles. The van der Waals surface area contributed by atoms with Gasteiger partial charge in [0.05, 0.1) is 24.5 Å². The Hall–Kier alpha value is -2.86. The van der Waals surface area contributed by atoms with Crippen molar-refractivity contribution in [3.8, 4) is 5.75 Å². The normalized spacial score (nSPS) is 16.6. The van der Waals surface area contributed by atoms with E-state index in [9.17, 15) is 9.59 Å². The highest BCUT2D eigenvalue weighted by atomic mass is 16.5. The molecule has 1 aliphatic rings. The van der Waals surface area contributed by atoms with Crippen molar-refractivity contribution >= 4 is 17.6 Å². The van der Waals surface area contributed by atoms with Gasteiger partial charge in [-0.1, -0.05) is 12.1 Å². The van der Waals surface area contributed by atoms with Crippen LogP contribution in [-0.2, 0) is 4.74 Å². The van der Waals surface area contributed by atoms with Crippen molar-refractivity contribution in [2.75, 3.05) is 18.5 Å². The Kier molecular flexibility index (Phi) is 4.77. The maximum atomic E-state index is 12.3. The van der Waals surface area contributed by atoms with Gasteiger partial charge in [-0.3, -0.25) is 4.79 Å². The van der Waals surface area contributed by atoms with E-state index in [0.717, 1.165) is 6.42 Å². The van der Waals surface area contributed by atoms with Crippen LogP contribution in [0.3, 0.4) is 0 Å². The number of ether oxygens (including phenoxy) is 2. The summed E-state index contributed by atoms with van der Waals surface area (Å²) >= 11 is 0.